The van der Waals surface area contributed by atoms with Crippen LogP contribution in [0.2, 0.25) is 0 Å². The molecule has 31 heavy (non-hydrogen) atoms. The van der Waals surface area contributed by atoms with Crippen LogP contribution in [0.5, 0.6) is 0 Å². The highest BCUT2D eigenvalue weighted by atomic mass is 32.2. The molecule has 0 saturated carbocycles. The molecule has 1 amide bonds. The third-order valence-electron chi connectivity index (χ3n) is 5.16. The van der Waals surface area contributed by atoms with Crippen LogP contribution in [-0.4, -0.2) is 27.9 Å². The largest absolute Gasteiger partial charge is 0.352 e. The summed E-state index contributed by atoms with van der Waals surface area (Å²) in [5.74, 6) is -0.278. The van der Waals surface area contributed by atoms with E-state index >= 15 is 0 Å². The fourth-order valence-corrected chi connectivity index (χ4v) is 4.56. The Bertz CT molecular complexity index is 1160. The number of carbonyl (C=O) groups excluding carboxylic acids is 1. The predicted molar refractivity (Wildman–Crippen MR) is 125 cm³/mol. The zero-order chi connectivity index (χ0) is 22.4. The van der Waals surface area contributed by atoms with Crippen molar-refractivity contribution < 1.29 is 13.2 Å². The van der Waals surface area contributed by atoms with Crippen molar-refractivity contribution in [1.82, 2.24) is 5.32 Å². The lowest BCUT2D eigenvalue weighted by molar-refractivity contribution is 0.0953. The number of anilines is 1. The molecular weight excluding hydrogens is 408 g/mol. The maximum Gasteiger partial charge on any atom is 0.264 e. The van der Waals surface area contributed by atoms with Crippen LogP contribution in [0.1, 0.15) is 33.5 Å². The van der Waals surface area contributed by atoms with E-state index in [0.29, 0.717) is 17.8 Å². The van der Waals surface area contributed by atoms with Gasteiger partial charge in [-0.25, -0.2) is 8.42 Å². The van der Waals surface area contributed by atoms with E-state index in [-0.39, 0.29) is 10.8 Å². The van der Waals surface area contributed by atoms with Crippen LogP contribution in [0.3, 0.4) is 0 Å². The van der Waals surface area contributed by atoms with Crippen molar-refractivity contribution in [3.8, 4) is 0 Å². The summed E-state index contributed by atoms with van der Waals surface area (Å²) in [7, 11) is -2.26. The first kappa shape index (κ1) is 22.6. The summed E-state index contributed by atoms with van der Waals surface area (Å²) in [4.78, 5) is 12.6. The molecule has 5 nitrogen and oxygen atoms in total. The van der Waals surface area contributed by atoms with Crippen LogP contribution < -0.4 is 9.62 Å². The van der Waals surface area contributed by atoms with Crippen molar-refractivity contribution in [2.24, 2.45) is 0 Å². The summed E-state index contributed by atoms with van der Waals surface area (Å²) in [5, 5.41) is 2.88. The van der Waals surface area contributed by atoms with Gasteiger partial charge in [0.05, 0.1) is 10.6 Å². The lowest BCUT2D eigenvalue weighted by Gasteiger charge is -2.20. The van der Waals surface area contributed by atoms with E-state index < -0.39 is 10.0 Å². The number of rotatable bonds is 8. The monoisotopic (exact) mass is 436 g/mol. The second-order valence-electron chi connectivity index (χ2n) is 7.68. The molecule has 0 aliphatic heterocycles. The Labute approximate surface area is 184 Å². The van der Waals surface area contributed by atoms with Crippen molar-refractivity contribution >= 4 is 21.6 Å². The minimum atomic E-state index is -3.77. The molecule has 0 spiro atoms. The van der Waals surface area contributed by atoms with E-state index in [0.717, 1.165) is 18.4 Å². The summed E-state index contributed by atoms with van der Waals surface area (Å²) in [6.45, 7) is 4.52. The number of sulfonamides is 1. The highest BCUT2D eigenvalue weighted by Crippen LogP contribution is 2.23. The molecule has 0 unspecified atom stereocenters. The quantitative estimate of drug-likeness (QED) is 0.529. The van der Waals surface area contributed by atoms with Gasteiger partial charge >= 0.3 is 0 Å². The smallest absolute Gasteiger partial charge is 0.264 e. The zero-order valence-electron chi connectivity index (χ0n) is 18.1. The fraction of sp³-hybridized carbons (Fsp3) is 0.240. The highest BCUT2D eigenvalue weighted by Gasteiger charge is 2.22. The zero-order valence-corrected chi connectivity index (χ0v) is 18.9. The van der Waals surface area contributed by atoms with Crippen molar-refractivity contribution in [2.45, 2.75) is 31.6 Å². The van der Waals surface area contributed by atoms with Gasteiger partial charge in [-0.05, 0) is 62.6 Å². The Morgan fingerprint density at radius 3 is 2.32 bits per heavy atom. The summed E-state index contributed by atoms with van der Waals surface area (Å²) in [6.07, 6.45) is 1.68. The van der Waals surface area contributed by atoms with Gasteiger partial charge in [-0.3, -0.25) is 9.10 Å². The predicted octanol–water partition coefficient (Wildman–Crippen LogP) is 4.49. The molecule has 162 valence electrons. The van der Waals surface area contributed by atoms with Gasteiger partial charge in [0.25, 0.3) is 15.9 Å². The van der Waals surface area contributed by atoms with E-state index in [1.165, 1.54) is 34.6 Å². The first-order chi connectivity index (χ1) is 14.8. The number of carbonyl (C=O) groups is 1. The summed E-state index contributed by atoms with van der Waals surface area (Å²) in [6, 6.07) is 21.7. The fourth-order valence-electron chi connectivity index (χ4n) is 3.31. The number of hydrogen-bond donors (Lipinski definition) is 1. The Hall–Kier alpha value is -3.12. The second kappa shape index (κ2) is 9.79. The Kier molecular flexibility index (Phi) is 7.13. The van der Waals surface area contributed by atoms with Crippen LogP contribution in [0.4, 0.5) is 5.69 Å². The number of aryl methyl sites for hydroxylation is 3. The molecule has 0 aliphatic rings. The minimum Gasteiger partial charge on any atom is -0.352 e. The molecule has 0 radical (unpaired) electrons. The first-order valence-electron chi connectivity index (χ1n) is 10.3. The van der Waals surface area contributed by atoms with Crippen molar-refractivity contribution in [3.63, 3.8) is 0 Å². The number of nitrogens with one attached hydrogen (secondary N) is 1. The number of benzene rings is 3. The number of hydrogen-bond acceptors (Lipinski definition) is 3. The maximum atomic E-state index is 13.0. The molecule has 0 aliphatic carbocycles. The molecule has 6 heteroatoms. The lowest BCUT2D eigenvalue weighted by Crippen LogP contribution is -2.28. The van der Waals surface area contributed by atoms with Crippen LogP contribution in [0, 0.1) is 13.8 Å². The van der Waals surface area contributed by atoms with Gasteiger partial charge in [-0.1, -0.05) is 53.6 Å². The van der Waals surface area contributed by atoms with E-state index in [2.05, 4.69) is 30.4 Å². The van der Waals surface area contributed by atoms with E-state index in [9.17, 15) is 13.2 Å². The van der Waals surface area contributed by atoms with Gasteiger partial charge in [0.15, 0.2) is 0 Å². The standard InChI is InChI=1S/C25H28N2O3S/c1-19-12-14-23(15-13-19)27(3)31(29,30)24-11-5-10-22(18-24)25(28)26-16-6-9-21-8-4-7-20(2)17-21/h4-5,7-8,10-15,17-18H,6,9,16H2,1-3H3,(H,26,28). The summed E-state index contributed by atoms with van der Waals surface area (Å²) < 4.78 is 27.3. The minimum absolute atomic E-state index is 0.0861. The highest BCUT2D eigenvalue weighted by molar-refractivity contribution is 7.92. The molecule has 0 atom stereocenters. The normalized spacial score (nSPS) is 11.2. The van der Waals surface area contributed by atoms with Gasteiger partial charge in [0, 0.05) is 19.2 Å². The molecule has 0 fully saturated rings. The second-order valence-corrected chi connectivity index (χ2v) is 9.65. The average molecular weight is 437 g/mol. The average Bonchev–Trinajstić information content (AvgIpc) is 2.77. The molecule has 0 aromatic heterocycles. The van der Waals surface area contributed by atoms with E-state index in [1.54, 1.807) is 24.3 Å². The molecule has 0 saturated heterocycles. The van der Waals surface area contributed by atoms with Crippen molar-refractivity contribution in [2.75, 3.05) is 17.9 Å². The summed E-state index contributed by atoms with van der Waals surface area (Å²) in [5.41, 5.74) is 4.40. The van der Waals surface area contributed by atoms with Crippen LogP contribution >= 0.6 is 0 Å². The van der Waals surface area contributed by atoms with Gasteiger partial charge in [-0.2, -0.15) is 0 Å². The first-order valence-corrected chi connectivity index (χ1v) is 11.7. The van der Waals surface area contributed by atoms with Gasteiger partial charge in [0.1, 0.15) is 0 Å². The van der Waals surface area contributed by atoms with E-state index in [1.807, 2.05) is 25.1 Å². The third kappa shape index (κ3) is 5.73. The van der Waals surface area contributed by atoms with Gasteiger partial charge in [-0.15, -0.1) is 0 Å². The van der Waals surface area contributed by atoms with Crippen LogP contribution in [0.25, 0.3) is 0 Å². The molecule has 3 rings (SSSR count). The maximum absolute atomic E-state index is 13.0. The molecular formula is C25H28N2O3S. The molecule has 0 heterocycles. The molecule has 3 aromatic rings. The Balaban J connectivity index is 1.64. The van der Waals surface area contributed by atoms with Crippen molar-refractivity contribution in [1.29, 1.82) is 0 Å². The van der Waals surface area contributed by atoms with E-state index in [4.69, 9.17) is 0 Å². The van der Waals surface area contributed by atoms with Gasteiger partial charge in [0.2, 0.25) is 0 Å². The summed E-state index contributed by atoms with van der Waals surface area (Å²) >= 11 is 0. The van der Waals surface area contributed by atoms with Crippen molar-refractivity contribution in [3.05, 3.63) is 95.1 Å². The lowest BCUT2D eigenvalue weighted by atomic mass is 10.1. The molecule has 3 aromatic carbocycles. The van der Waals surface area contributed by atoms with Gasteiger partial charge < -0.3 is 5.32 Å². The Morgan fingerprint density at radius 1 is 0.903 bits per heavy atom. The Morgan fingerprint density at radius 2 is 1.61 bits per heavy atom. The number of nitrogens with zero attached hydrogens (tertiary/aromatic N) is 1. The topological polar surface area (TPSA) is 66.5 Å². The molecule has 0 bridgehead atoms. The SMILES string of the molecule is Cc1ccc(N(C)S(=O)(=O)c2cccc(C(=O)NCCCc3cccc(C)c3)c2)cc1. The third-order valence-corrected chi connectivity index (χ3v) is 6.94. The number of amides is 1. The molecule has 1 N–H and O–H groups in total. The van der Waals surface area contributed by atoms with Crippen LogP contribution in [0.15, 0.2) is 77.7 Å². The van der Waals surface area contributed by atoms with Crippen LogP contribution in [-0.2, 0) is 16.4 Å².